The summed E-state index contributed by atoms with van der Waals surface area (Å²) in [5, 5.41) is 3.13. The van der Waals surface area contributed by atoms with Crippen LogP contribution >= 0.6 is 0 Å². The normalized spacial score (nSPS) is 22.3. The van der Waals surface area contributed by atoms with E-state index >= 15 is 0 Å². The molecule has 1 aliphatic rings. The number of hydrogen-bond acceptors (Lipinski definition) is 1. The fourth-order valence-electron chi connectivity index (χ4n) is 2.47. The molecule has 1 saturated heterocycles. The smallest absolute Gasteiger partial charge is 0.317 e. The first-order chi connectivity index (χ1) is 8.15. The van der Waals surface area contributed by atoms with Crippen molar-refractivity contribution in [1.82, 2.24) is 10.2 Å². The van der Waals surface area contributed by atoms with Crippen molar-refractivity contribution in [2.75, 3.05) is 6.54 Å². The largest absolute Gasteiger partial charge is 0.336 e. The Labute approximate surface area is 106 Å². The Morgan fingerprint density at radius 1 is 1.41 bits per heavy atom. The second-order valence-corrected chi connectivity index (χ2v) is 5.38. The van der Waals surface area contributed by atoms with Crippen LogP contribution in [0.2, 0.25) is 0 Å². The van der Waals surface area contributed by atoms with Gasteiger partial charge in [-0.3, -0.25) is 0 Å². The zero-order chi connectivity index (χ0) is 12.7. The molecule has 0 saturated carbocycles. The summed E-state index contributed by atoms with van der Waals surface area (Å²) < 4.78 is 0. The number of nitrogens with zero attached hydrogens (tertiary/aromatic N) is 1. The highest BCUT2D eigenvalue weighted by Crippen LogP contribution is 2.16. The van der Waals surface area contributed by atoms with Crippen LogP contribution in [0.1, 0.15) is 65.7 Å². The highest BCUT2D eigenvalue weighted by atomic mass is 16.2. The van der Waals surface area contributed by atoms with Gasteiger partial charge in [-0.05, 0) is 39.5 Å². The lowest BCUT2D eigenvalue weighted by Gasteiger charge is -2.34. The van der Waals surface area contributed by atoms with Gasteiger partial charge in [0.15, 0.2) is 0 Å². The molecule has 1 fully saturated rings. The number of hydrogen-bond donors (Lipinski definition) is 1. The van der Waals surface area contributed by atoms with Crippen LogP contribution in [0, 0.1) is 0 Å². The van der Waals surface area contributed by atoms with Gasteiger partial charge in [0.2, 0.25) is 0 Å². The van der Waals surface area contributed by atoms with E-state index in [1.165, 1.54) is 25.7 Å². The van der Waals surface area contributed by atoms with Crippen LogP contribution in [0.15, 0.2) is 0 Å². The van der Waals surface area contributed by atoms with Crippen molar-refractivity contribution in [1.29, 1.82) is 0 Å². The summed E-state index contributed by atoms with van der Waals surface area (Å²) in [5.74, 6) is 0. The van der Waals surface area contributed by atoms with Gasteiger partial charge in [0.05, 0.1) is 0 Å². The van der Waals surface area contributed by atoms with Crippen molar-refractivity contribution in [3.63, 3.8) is 0 Å². The molecule has 0 bridgehead atoms. The van der Waals surface area contributed by atoms with Crippen LogP contribution in [-0.4, -0.2) is 29.6 Å². The summed E-state index contributed by atoms with van der Waals surface area (Å²) in [5.41, 5.74) is 0. The summed E-state index contributed by atoms with van der Waals surface area (Å²) in [4.78, 5) is 14.1. The van der Waals surface area contributed by atoms with Crippen LogP contribution in [0.3, 0.4) is 0 Å². The molecule has 3 nitrogen and oxygen atoms in total. The Morgan fingerprint density at radius 3 is 2.82 bits per heavy atom. The van der Waals surface area contributed by atoms with Crippen molar-refractivity contribution in [3.8, 4) is 0 Å². The lowest BCUT2D eigenvalue weighted by molar-refractivity contribution is 0.155. The SMILES string of the molecule is CCCCC[C@H](C)NC(=O)N1CCCC[C@H]1C. The summed E-state index contributed by atoms with van der Waals surface area (Å²) in [6.07, 6.45) is 8.38. The number of piperidine rings is 1. The minimum absolute atomic E-state index is 0.140. The van der Waals surface area contributed by atoms with Gasteiger partial charge in [-0.25, -0.2) is 4.79 Å². The molecule has 2 amide bonds. The third-order valence-corrected chi connectivity index (χ3v) is 3.67. The van der Waals surface area contributed by atoms with Crippen molar-refractivity contribution < 1.29 is 4.79 Å². The molecule has 17 heavy (non-hydrogen) atoms. The number of amides is 2. The van der Waals surface area contributed by atoms with Crippen LogP contribution in [0.4, 0.5) is 4.79 Å². The number of urea groups is 1. The van der Waals surface area contributed by atoms with Crippen LogP contribution in [-0.2, 0) is 0 Å². The van der Waals surface area contributed by atoms with Gasteiger partial charge in [0, 0.05) is 18.6 Å². The zero-order valence-corrected chi connectivity index (χ0v) is 11.7. The molecule has 3 heteroatoms. The molecule has 0 unspecified atom stereocenters. The monoisotopic (exact) mass is 240 g/mol. The van der Waals surface area contributed by atoms with Gasteiger partial charge >= 0.3 is 6.03 Å². The first-order valence-electron chi connectivity index (χ1n) is 7.22. The van der Waals surface area contributed by atoms with Gasteiger partial charge in [-0.2, -0.15) is 0 Å². The quantitative estimate of drug-likeness (QED) is 0.732. The van der Waals surface area contributed by atoms with E-state index in [2.05, 4.69) is 26.1 Å². The Balaban J connectivity index is 2.27. The van der Waals surface area contributed by atoms with E-state index in [9.17, 15) is 4.79 Å². The number of unbranched alkanes of at least 4 members (excludes halogenated alkanes) is 2. The lowest BCUT2D eigenvalue weighted by Crippen LogP contribution is -2.49. The van der Waals surface area contributed by atoms with Gasteiger partial charge < -0.3 is 10.2 Å². The van der Waals surface area contributed by atoms with E-state index in [0.717, 1.165) is 25.8 Å². The molecule has 1 N–H and O–H groups in total. The number of rotatable bonds is 5. The Kier molecular flexibility index (Phi) is 6.38. The van der Waals surface area contributed by atoms with Gasteiger partial charge in [-0.15, -0.1) is 0 Å². The van der Waals surface area contributed by atoms with Gasteiger partial charge in [0.1, 0.15) is 0 Å². The second-order valence-electron chi connectivity index (χ2n) is 5.38. The third-order valence-electron chi connectivity index (χ3n) is 3.67. The van der Waals surface area contributed by atoms with Crippen molar-refractivity contribution in [3.05, 3.63) is 0 Å². The maximum atomic E-state index is 12.1. The maximum absolute atomic E-state index is 12.1. The minimum Gasteiger partial charge on any atom is -0.336 e. The molecule has 1 heterocycles. The molecular weight excluding hydrogens is 212 g/mol. The topological polar surface area (TPSA) is 32.3 Å². The molecule has 0 aromatic rings. The van der Waals surface area contributed by atoms with Crippen molar-refractivity contribution in [2.24, 2.45) is 0 Å². The summed E-state index contributed by atoms with van der Waals surface area (Å²) >= 11 is 0. The van der Waals surface area contributed by atoms with Crippen LogP contribution in [0.25, 0.3) is 0 Å². The number of nitrogens with one attached hydrogen (secondary N) is 1. The average Bonchev–Trinajstić information content (AvgIpc) is 2.29. The first kappa shape index (κ1) is 14.3. The predicted octanol–water partition coefficient (Wildman–Crippen LogP) is 3.54. The van der Waals surface area contributed by atoms with E-state index in [-0.39, 0.29) is 6.03 Å². The van der Waals surface area contributed by atoms with Crippen molar-refractivity contribution >= 4 is 6.03 Å². The van der Waals surface area contributed by atoms with Gasteiger partial charge in [-0.1, -0.05) is 26.2 Å². The Bertz CT molecular complexity index is 230. The highest BCUT2D eigenvalue weighted by Gasteiger charge is 2.23. The standard InChI is InChI=1S/C14H28N2O/c1-4-5-6-9-12(2)15-14(17)16-11-8-7-10-13(16)3/h12-13H,4-11H2,1-3H3,(H,15,17)/t12-,13+/m0/s1. The molecule has 0 aromatic heterocycles. The number of carbonyl (C=O) groups is 1. The Morgan fingerprint density at radius 2 is 2.18 bits per heavy atom. The third kappa shape index (κ3) is 4.97. The summed E-state index contributed by atoms with van der Waals surface area (Å²) in [6, 6.07) is 0.857. The molecule has 0 aliphatic carbocycles. The molecule has 0 aromatic carbocycles. The fourth-order valence-corrected chi connectivity index (χ4v) is 2.47. The van der Waals surface area contributed by atoms with E-state index in [1.807, 2.05) is 4.90 Å². The van der Waals surface area contributed by atoms with Crippen LogP contribution < -0.4 is 5.32 Å². The summed E-state index contributed by atoms with van der Waals surface area (Å²) in [6.45, 7) is 7.40. The molecule has 1 aliphatic heterocycles. The molecule has 0 radical (unpaired) electrons. The maximum Gasteiger partial charge on any atom is 0.317 e. The minimum atomic E-state index is 0.140. The van der Waals surface area contributed by atoms with Crippen molar-refractivity contribution in [2.45, 2.75) is 77.8 Å². The average molecular weight is 240 g/mol. The van der Waals surface area contributed by atoms with E-state index < -0.39 is 0 Å². The molecule has 2 atom stereocenters. The summed E-state index contributed by atoms with van der Waals surface area (Å²) in [7, 11) is 0. The predicted molar refractivity (Wildman–Crippen MR) is 72.2 cm³/mol. The molecule has 100 valence electrons. The lowest BCUT2D eigenvalue weighted by atomic mass is 10.0. The molecule has 0 spiro atoms. The van der Waals surface area contributed by atoms with Crippen LogP contribution in [0.5, 0.6) is 0 Å². The molecule has 1 rings (SSSR count). The molecular formula is C14H28N2O. The van der Waals surface area contributed by atoms with E-state index in [1.54, 1.807) is 0 Å². The zero-order valence-electron chi connectivity index (χ0n) is 11.7. The Hall–Kier alpha value is -0.730. The first-order valence-corrected chi connectivity index (χ1v) is 7.22. The second kappa shape index (κ2) is 7.57. The fraction of sp³-hybridized carbons (Fsp3) is 0.929. The van der Waals surface area contributed by atoms with E-state index in [4.69, 9.17) is 0 Å². The van der Waals surface area contributed by atoms with E-state index in [0.29, 0.717) is 12.1 Å². The highest BCUT2D eigenvalue weighted by molar-refractivity contribution is 5.74. The number of likely N-dealkylation sites (tertiary alicyclic amines) is 1. The number of carbonyl (C=O) groups excluding carboxylic acids is 1. The van der Waals surface area contributed by atoms with Gasteiger partial charge in [0.25, 0.3) is 0 Å².